The highest BCUT2D eigenvalue weighted by molar-refractivity contribution is 5.73. The molecule has 0 saturated heterocycles. The zero-order valence-corrected chi connectivity index (χ0v) is 10.1. The third-order valence-electron chi connectivity index (χ3n) is 2.86. The summed E-state index contributed by atoms with van der Waals surface area (Å²) in [6, 6.07) is 13.7. The van der Waals surface area contributed by atoms with E-state index in [2.05, 4.69) is 9.97 Å². The number of hydrogen-bond acceptors (Lipinski definition) is 3. The van der Waals surface area contributed by atoms with Gasteiger partial charge in [0.2, 0.25) is 0 Å². The molecule has 0 radical (unpaired) electrons. The van der Waals surface area contributed by atoms with Gasteiger partial charge in [-0.2, -0.15) is 0 Å². The van der Waals surface area contributed by atoms with Gasteiger partial charge in [-0.25, -0.2) is 9.97 Å². The van der Waals surface area contributed by atoms with Crippen LogP contribution in [0, 0.1) is 0 Å². The van der Waals surface area contributed by atoms with Gasteiger partial charge < -0.3 is 5.73 Å². The van der Waals surface area contributed by atoms with Gasteiger partial charge in [-0.3, -0.25) is 4.57 Å². The van der Waals surface area contributed by atoms with E-state index in [1.165, 1.54) is 0 Å². The summed E-state index contributed by atoms with van der Waals surface area (Å²) >= 11 is 0. The summed E-state index contributed by atoms with van der Waals surface area (Å²) in [5.74, 6) is 0.829. The lowest BCUT2D eigenvalue weighted by molar-refractivity contribution is 0.725. The number of hydrogen-bond donors (Lipinski definition) is 1. The van der Waals surface area contributed by atoms with Crippen LogP contribution in [0.3, 0.4) is 0 Å². The summed E-state index contributed by atoms with van der Waals surface area (Å²) in [4.78, 5) is 8.97. The van der Waals surface area contributed by atoms with E-state index in [4.69, 9.17) is 5.73 Å². The van der Waals surface area contributed by atoms with Crippen molar-refractivity contribution in [1.82, 2.24) is 14.5 Å². The Morgan fingerprint density at radius 3 is 2.61 bits per heavy atom. The van der Waals surface area contributed by atoms with Crippen molar-refractivity contribution in [3.8, 4) is 5.69 Å². The van der Waals surface area contributed by atoms with Gasteiger partial charge in [0, 0.05) is 11.9 Å². The number of nitrogens with two attached hydrogens (primary N) is 1. The Labute approximate surface area is 105 Å². The van der Waals surface area contributed by atoms with Crippen molar-refractivity contribution >= 4 is 11.2 Å². The van der Waals surface area contributed by atoms with Crippen molar-refractivity contribution in [3.63, 3.8) is 0 Å². The van der Waals surface area contributed by atoms with Crippen molar-refractivity contribution in [3.05, 3.63) is 54.5 Å². The molecule has 1 aromatic carbocycles. The van der Waals surface area contributed by atoms with Gasteiger partial charge in [-0.15, -0.1) is 0 Å². The first kappa shape index (κ1) is 10.9. The average molecular weight is 238 g/mol. The molecule has 0 saturated carbocycles. The second-order valence-corrected chi connectivity index (χ2v) is 4.28. The minimum Gasteiger partial charge on any atom is -0.322 e. The number of para-hydroxylation sites is 1. The van der Waals surface area contributed by atoms with Crippen LogP contribution < -0.4 is 5.73 Å². The summed E-state index contributed by atoms with van der Waals surface area (Å²) in [6.07, 6.45) is 1.77. The summed E-state index contributed by atoms with van der Waals surface area (Å²) in [5.41, 5.74) is 8.75. The number of aromatic nitrogens is 3. The predicted molar refractivity (Wildman–Crippen MR) is 71.5 cm³/mol. The second-order valence-electron chi connectivity index (χ2n) is 4.28. The van der Waals surface area contributed by atoms with Crippen LogP contribution in [0.2, 0.25) is 0 Å². The smallest absolute Gasteiger partial charge is 0.164 e. The largest absolute Gasteiger partial charge is 0.322 e. The van der Waals surface area contributed by atoms with Crippen LogP contribution in [0.15, 0.2) is 48.7 Å². The average Bonchev–Trinajstić information content (AvgIpc) is 2.79. The maximum absolute atomic E-state index is 6.00. The molecular weight excluding hydrogens is 224 g/mol. The van der Waals surface area contributed by atoms with Gasteiger partial charge in [0.15, 0.2) is 5.65 Å². The summed E-state index contributed by atoms with van der Waals surface area (Å²) in [6.45, 7) is 1.93. The first-order valence-corrected chi connectivity index (χ1v) is 5.92. The Balaban J connectivity index is 2.35. The molecule has 0 spiro atoms. The number of rotatable bonds is 2. The number of pyridine rings is 1. The van der Waals surface area contributed by atoms with Crippen LogP contribution in [-0.2, 0) is 0 Å². The molecule has 0 aliphatic heterocycles. The summed E-state index contributed by atoms with van der Waals surface area (Å²) < 4.78 is 2.01. The lowest BCUT2D eigenvalue weighted by Gasteiger charge is -2.10. The lowest BCUT2D eigenvalue weighted by atomic mass is 10.3. The van der Waals surface area contributed by atoms with Gasteiger partial charge in [-0.05, 0) is 31.2 Å². The number of fused-ring (bicyclic) bond motifs is 1. The van der Waals surface area contributed by atoms with Crippen molar-refractivity contribution in [1.29, 1.82) is 0 Å². The minimum atomic E-state index is -0.139. The third-order valence-corrected chi connectivity index (χ3v) is 2.86. The van der Waals surface area contributed by atoms with Crippen LogP contribution in [0.4, 0.5) is 0 Å². The highest BCUT2D eigenvalue weighted by atomic mass is 15.1. The first-order valence-electron chi connectivity index (χ1n) is 5.92. The molecule has 1 atom stereocenters. The quantitative estimate of drug-likeness (QED) is 0.746. The molecule has 0 amide bonds. The van der Waals surface area contributed by atoms with Crippen LogP contribution in [0.1, 0.15) is 18.8 Å². The fourth-order valence-corrected chi connectivity index (χ4v) is 2.07. The molecule has 0 fully saturated rings. The number of benzene rings is 1. The predicted octanol–water partition coefficient (Wildman–Crippen LogP) is 2.44. The van der Waals surface area contributed by atoms with Crippen molar-refractivity contribution in [2.24, 2.45) is 5.73 Å². The molecule has 90 valence electrons. The normalized spacial score (nSPS) is 12.8. The molecular formula is C14H14N4. The highest BCUT2D eigenvalue weighted by Gasteiger charge is 2.15. The summed E-state index contributed by atoms with van der Waals surface area (Å²) in [7, 11) is 0. The molecule has 3 rings (SSSR count). The molecule has 3 aromatic rings. The SMILES string of the molecule is CC(N)c1nc2cccnc2n1-c1ccccc1. The van der Waals surface area contributed by atoms with E-state index < -0.39 is 0 Å². The second kappa shape index (κ2) is 4.23. The standard InChI is InChI=1S/C14H14N4/c1-10(15)13-17-12-8-5-9-16-14(12)18(13)11-6-3-2-4-7-11/h2-10H,15H2,1H3. The van der Waals surface area contributed by atoms with E-state index in [-0.39, 0.29) is 6.04 Å². The van der Waals surface area contributed by atoms with Gasteiger partial charge in [0.25, 0.3) is 0 Å². The Hall–Kier alpha value is -2.20. The molecule has 0 aliphatic carbocycles. The molecule has 0 aliphatic rings. The van der Waals surface area contributed by atoms with E-state index in [9.17, 15) is 0 Å². The maximum Gasteiger partial charge on any atom is 0.164 e. The van der Waals surface area contributed by atoms with E-state index >= 15 is 0 Å². The van der Waals surface area contributed by atoms with Crippen molar-refractivity contribution in [2.75, 3.05) is 0 Å². The molecule has 4 nitrogen and oxygen atoms in total. The van der Waals surface area contributed by atoms with Crippen molar-refractivity contribution in [2.45, 2.75) is 13.0 Å². The topological polar surface area (TPSA) is 56.7 Å². The first-order chi connectivity index (χ1) is 8.77. The van der Waals surface area contributed by atoms with E-state index in [0.29, 0.717) is 0 Å². The Morgan fingerprint density at radius 1 is 1.11 bits per heavy atom. The Morgan fingerprint density at radius 2 is 1.89 bits per heavy atom. The molecule has 2 aromatic heterocycles. The number of imidazole rings is 1. The van der Waals surface area contributed by atoms with E-state index in [0.717, 1.165) is 22.7 Å². The summed E-state index contributed by atoms with van der Waals surface area (Å²) in [5, 5.41) is 0. The molecule has 0 bridgehead atoms. The highest BCUT2D eigenvalue weighted by Crippen LogP contribution is 2.22. The van der Waals surface area contributed by atoms with Crippen LogP contribution >= 0.6 is 0 Å². The van der Waals surface area contributed by atoms with Crippen LogP contribution in [0.5, 0.6) is 0 Å². The fraction of sp³-hybridized carbons (Fsp3) is 0.143. The Kier molecular flexibility index (Phi) is 2.57. The van der Waals surface area contributed by atoms with Gasteiger partial charge >= 0.3 is 0 Å². The molecule has 1 unspecified atom stereocenters. The minimum absolute atomic E-state index is 0.139. The van der Waals surface area contributed by atoms with Crippen LogP contribution in [0.25, 0.3) is 16.9 Å². The Bertz CT molecular complexity index is 671. The van der Waals surface area contributed by atoms with E-state index in [1.54, 1.807) is 6.20 Å². The zero-order valence-electron chi connectivity index (χ0n) is 10.1. The molecule has 18 heavy (non-hydrogen) atoms. The van der Waals surface area contributed by atoms with Crippen LogP contribution in [-0.4, -0.2) is 14.5 Å². The fourth-order valence-electron chi connectivity index (χ4n) is 2.07. The lowest BCUT2D eigenvalue weighted by Crippen LogP contribution is -2.12. The zero-order chi connectivity index (χ0) is 12.5. The van der Waals surface area contributed by atoms with Crippen molar-refractivity contribution < 1.29 is 0 Å². The van der Waals surface area contributed by atoms with E-state index in [1.807, 2.05) is 54.0 Å². The molecule has 2 N–H and O–H groups in total. The monoisotopic (exact) mass is 238 g/mol. The molecule has 2 heterocycles. The number of nitrogens with zero attached hydrogens (tertiary/aromatic N) is 3. The third kappa shape index (κ3) is 1.67. The maximum atomic E-state index is 6.00. The van der Waals surface area contributed by atoms with Gasteiger partial charge in [0.05, 0.1) is 6.04 Å². The van der Waals surface area contributed by atoms with Gasteiger partial charge in [-0.1, -0.05) is 18.2 Å². The van der Waals surface area contributed by atoms with Gasteiger partial charge in [0.1, 0.15) is 11.3 Å². The molecule has 4 heteroatoms.